The number of halogens is 3. The number of hydrogen-bond donors (Lipinski definition) is 1. The molecular weight excluding hydrogens is 265 g/mol. The topological polar surface area (TPSA) is 29.3 Å². The molecule has 112 valence electrons. The molecule has 1 aromatic carbocycles. The Kier molecular flexibility index (Phi) is 4.58. The van der Waals surface area contributed by atoms with Gasteiger partial charge in [0.25, 0.3) is 0 Å². The van der Waals surface area contributed by atoms with E-state index in [9.17, 15) is 13.2 Å². The van der Waals surface area contributed by atoms with E-state index in [1.54, 1.807) is 0 Å². The molecule has 1 atom stereocenters. The van der Waals surface area contributed by atoms with Crippen molar-refractivity contribution in [2.24, 2.45) is 11.7 Å². The van der Waals surface area contributed by atoms with Gasteiger partial charge in [0.2, 0.25) is 0 Å². The van der Waals surface area contributed by atoms with Crippen molar-refractivity contribution in [3.8, 4) is 0 Å². The van der Waals surface area contributed by atoms with Gasteiger partial charge in [-0.1, -0.05) is 19.1 Å². The van der Waals surface area contributed by atoms with Crippen molar-refractivity contribution in [1.29, 1.82) is 0 Å². The van der Waals surface area contributed by atoms with Gasteiger partial charge in [0, 0.05) is 24.8 Å². The van der Waals surface area contributed by atoms with Crippen molar-refractivity contribution < 1.29 is 13.2 Å². The fraction of sp³-hybridized carbons (Fsp3) is 0.600. The molecule has 2 N–H and O–H groups in total. The van der Waals surface area contributed by atoms with Gasteiger partial charge in [-0.15, -0.1) is 0 Å². The molecule has 1 saturated heterocycles. The average Bonchev–Trinajstić information content (AvgIpc) is 2.46. The van der Waals surface area contributed by atoms with Crippen LogP contribution in [0.4, 0.5) is 18.9 Å². The molecule has 0 saturated carbocycles. The average molecular weight is 286 g/mol. The van der Waals surface area contributed by atoms with Crippen LogP contribution in [-0.2, 0) is 0 Å². The maximum Gasteiger partial charge on any atom is 0.391 e. The molecule has 0 amide bonds. The highest BCUT2D eigenvalue weighted by Gasteiger charge is 2.41. The summed E-state index contributed by atoms with van der Waals surface area (Å²) in [5.41, 5.74) is 8.00. The van der Waals surface area contributed by atoms with Crippen molar-refractivity contribution in [2.75, 3.05) is 18.0 Å². The molecule has 5 heteroatoms. The van der Waals surface area contributed by atoms with Crippen LogP contribution in [0.2, 0.25) is 0 Å². The number of nitrogens with zero attached hydrogens (tertiary/aromatic N) is 1. The van der Waals surface area contributed by atoms with Gasteiger partial charge in [-0.2, -0.15) is 13.2 Å². The van der Waals surface area contributed by atoms with Gasteiger partial charge < -0.3 is 10.6 Å². The molecule has 2 rings (SSSR count). The van der Waals surface area contributed by atoms with Gasteiger partial charge in [0.1, 0.15) is 0 Å². The van der Waals surface area contributed by atoms with E-state index in [4.69, 9.17) is 5.73 Å². The molecule has 0 aliphatic carbocycles. The number of alkyl halides is 3. The number of nitrogens with two attached hydrogens (primary N) is 1. The fourth-order valence-electron chi connectivity index (χ4n) is 2.63. The van der Waals surface area contributed by atoms with Crippen LogP contribution < -0.4 is 10.6 Å². The van der Waals surface area contributed by atoms with Gasteiger partial charge in [0.15, 0.2) is 0 Å². The molecule has 1 heterocycles. The Bertz CT molecular complexity index is 420. The van der Waals surface area contributed by atoms with E-state index >= 15 is 0 Å². The molecule has 0 aromatic heterocycles. The van der Waals surface area contributed by atoms with Crippen molar-refractivity contribution in [3.05, 3.63) is 29.8 Å². The summed E-state index contributed by atoms with van der Waals surface area (Å²) in [7, 11) is 0. The van der Waals surface area contributed by atoms with Crippen molar-refractivity contribution in [2.45, 2.75) is 38.4 Å². The number of rotatable bonds is 3. The molecule has 1 aliphatic heterocycles. The third-order valence-electron chi connectivity index (χ3n) is 4.08. The third kappa shape index (κ3) is 3.45. The Morgan fingerprint density at radius 3 is 2.20 bits per heavy atom. The highest BCUT2D eigenvalue weighted by atomic mass is 19.4. The predicted octanol–water partition coefficient (Wildman–Crippen LogP) is 3.88. The lowest BCUT2D eigenvalue weighted by atomic mass is 9.95. The largest absolute Gasteiger partial charge is 0.391 e. The van der Waals surface area contributed by atoms with E-state index in [1.807, 2.05) is 36.1 Å². The Morgan fingerprint density at radius 1 is 1.20 bits per heavy atom. The van der Waals surface area contributed by atoms with E-state index in [2.05, 4.69) is 0 Å². The first-order valence-electron chi connectivity index (χ1n) is 7.09. The maximum atomic E-state index is 12.6. The Balaban J connectivity index is 1.97. The van der Waals surface area contributed by atoms with Gasteiger partial charge in [-0.05, 0) is 37.0 Å². The second-order valence-electron chi connectivity index (χ2n) is 5.41. The molecule has 1 fully saturated rings. The van der Waals surface area contributed by atoms with Crippen molar-refractivity contribution >= 4 is 5.69 Å². The number of hydrogen-bond acceptors (Lipinski definition) is 2. The molecule has 0 radical (unpaired) electrons. The lowest BCUT2D eigenvalue weighted by molar-refractivity contribution is -0.179. The summed E-state index contributed by atoms with van der Waals surface area (Å²) in [5, 5.41) is 0. The summed E-state index contributed by atoms with van der Waals surface area (Å²) in [6.07, 6.45) is -2.82. The van der Waals surface area contributed by atoms with Crippen LogP contribution in [0.5, 0.6) is 0 Å². The Morgan fingerprint density at radius 2 is 1.75 bits per heavy atom. The quantitative estimate of drug-likeness (QED) is 0.913. The van der Waals surface area contributed by atoms with Crippen LogP contribution in [0.1, 0.15) is 37.8 Å². The second kappa shape index (κ2) is 6.04. The first kappa shape index (κ1) is 15.2. The molecule has 0 spiro atoms. The number of benzene rings is 1. The molecule has 2 nitrogen and oxygen atoms in total. The zero-order chi connectivity index (χ0) is 14.8. The molecular formula is C15H21F3N2. The van der Waals surface area contributed by atoms with Crippen LogP contribution in [0.25, 0.3) is 0 Å². The van der Waals surface area contributed by atoms with Gasteiger partial charge >= 0.3 is 6.18 Å². The normalized spacial score (nSPS) is 19.1. The van der Waals surface area contributed by atoms with E-state index in [0.29, 0.717) is 13.1 Å². The van der Waals surface area contributed by atoms with Gasteiger partial charge in [0.05, 0.1) is 5.92 Å². The number of anilines is 1. The standard InChI is InChI=1S/C15H21F3N2/c1-2-14(19)11-3-5-13(6-4-11)20-9-7-12(8-10-20)15(16,17)18/h3-6,12,14H,2,7-10,19H2,1H3. The Hall–Kier alpha value is -1.23. The molecule has 1 unspecified atom stereocenters. The predicted molar refractivity (Wildman–Crippen MR) is 74.7 cm³/mol. The van der Waals surface area contributed by atoms with Crippen LogP contribution in [0, 0.1) is 5.92 Å². The maximum absolute atomic E-state index is 12.6. The fourth-order valence-corrected chi connectivity index (χ4v) is 2.63. The molecule has 20 heavy (non-hydrogen) atoms. The van der Waals surface area contributed by atoms with Crippen LogP contribution in [0.3, 0.4) is 0 Å². The zero-order valence-corrected chi connectivity index (χ0v) is 11.7. The van der Waals surface area contributed by atoms with Crippen molar-refractivity contribution in [1.82, 2.24) is 0 Å². The lowest BCUT2D eigenvalue weighted by Gasteiger charge is -2.34. The van der Waals surface area contributed by atoms with Crippen LogP contribution in [0.15, 0.2) is 24.3 Å². The van der Waals surface area contributed by atoms with Gasteiger partial charge in [-0.25, -0.2) is 0 Å². The van der Waals surface area contributed by atoms with Crippen LogP contribution >= 0.6 is 0 Å². The minimum absolute atomic E-state index is 0.0278. The van der Waals surface area contributed by atoms with Crippen molar-refractivity contribution in [3.63, 3.8) is 0 Å². The summed E-state index contributed by atoms with van der Waals surface area (Å²) >= 11 is 0. The minimum atomic E-state index is -4.05. The lowest BCUT2D eigenvalue weighted by Crippen LogP contribution is -2.39. The molecule has 0 bridgehead atoms. The summed E-state index contributed by atoms with van der Waals surface area (Å²) in [6, 6.07) is 7.89. The summed E-state index contributed by atoms with van der Waals surface area (Å²) in [6.45, 7) is 2.95. The highest BCUT2D eigenvalue weighted by Crippen LogP contribution is 2.35. The van der Waals surface area contributed by atoms with E-state index in [-0.39, 0.29) is 18.9 Å². The first-order chi connectivity index (χ1) is 9.41. The van der Waals surface area contributed by atoms with E-state index in [0.717, 1.165) is 17.7 Å². The Labute approximate surface area is 117 Å². The smallest absolute Gasteiger partial charge is 0.372 e. The highest BCUT2D eigenvalue weighted by molar-refractivity contribution is 5.48. The third-order valence-corrected chi connectivity index (χ3v) is 4.08. The summed E-state index contributed by atoms with van der Waals surface area (Å²) in [5.74, 6) is -1.15. The number of piperidine rings is 1. The summed E-state index contributed by atoms with van der Waals surface area (Å²) in [4.78, 5) is 2.02. The monoisotopic (exact) mass is 286 g/mol. The van der Waals surface area contributed by atoms with E-state index in [1.165, 1.54) is 0 Å². The second-order valence-corrected chi connectivity index (χ2v) is 5.41. The summed E-state index contributed by atoms with van der Waals surface area (Å²) < 4.78 is 37.9. The van der Waals surface area contributed by atoms with Crippen LogP contribution in [-0.4, -0.2) is 19.3 Å². The SMILES string of the molecule is CCC(N)c1ccc(N2CCC(C(F)(F)F)CC2)cc1. The van der Waals surface area contributed by atoms with E-state index < -0.39 is 12.1 Å². The molecule has 1 aliphatic rings. The zero-order valence-electron chi connectivity index (χ0n) is 11.7. The van der Waals surface area contributed by atoms with Gasteiger partial charge in [-0.3, -0.25) is 0 Å². The minimum Gasteiger partial charge on any atom is -0.372 e. The first-order valence-corrected chi connectivity index (χ1v) is 7.09. The molecule has 1 aromatic rings.